The maximum Gasteiger partial charge on any atom is 0.253 e. The Morgan fingerprint density at radius 1 is 1.14 bits per heavy atom. The van der Waals surface area contributed by atoms with Crippen LogP contribution in [0.4, 0.5) is 11.4 Å². The summed E-state index contributed by atoms with van der Waals surface area (Å²) in [6, 6.07) is 14.0. The fourth-order valence-corrected chi connectivity index (χ4v) is 3.25. The molecule has 1 unspecified atom stereocenters. The van der Waals surface area contributed by atoms with Crippen LogP contribution in [0.15, 0.2) is 48.5 Å². The van der Waals surface area contributed by atoms with Crippen LogP contribution >= 0.6 is 0 Å². The summed E-state index contributed by atoms with van der Waals surface area (Å²) in [5.74, 6) is -0.400. The van der Waals surface area contributed by atoms with Gasteiger partial charge in [0.1, 0.15) is 5.75 Å². The van der Waals surface area contributed by atoms with Crippen molar-refractivity contribution in [1.29, 1.82) is 0 Å². The highest BCUT2D eigenvalue weighted by Gasteiger charge is 2.35. The average Bonchev–Trinajstić information content (AvgIpc) is 3.14. The molecule has 152 valence electrons. The van der Waals surface area contributed by atoms with Crippen molar-refractivity contribution in [2.24, 2.45) is 5.92 Å². The molecule has 3 rings (SSSR count). The highest BCUT2D eigenvalue weighted by molar-refractivity contribution is 6.07. The number of benzene rings is 2. The first-order valence-corrected chi connectivity index (χ1v) is 9.66. The minimum absolute atomic E-state index is 0.107. The molecule has 29 heavy (non-hydrogen) atoms. The Kier molecular flexibility index (Phi) is 6.49. The third-order valence-electron chi connectivity index (χ3n) is 4.85. The summed E-state index contributed by atoms with van der Waals surface area (Å²) < 4.78 is 5.14. The van der Waals surface area contributed by atoms with E-state index in [-0.39, 0.29) is 24.1 Å². The zero-order chi connectivity index (χ0) is 20.8. The first kappa shape index (κ1) is 20.4. The molecule has 7 nitrogen and oxygen atoms in total. The highest BCUT2D eigenvalue weighted by Crippen LogP contribution is 2.28. The van der Waals surface area contributed by atoms with Crippen molar-refractivity contribution in [2.75, 3.05) is 30.4 Å². The van der Waals surface area contributed by atoms with Crippen molar-refractivity contribution in [3.05, 3.63) is 54.1 Å². The van der Waals surface area contributed by atoms with Gasteiger partial charge in [0.15, 0.2) is 0 Å². The van der Waals surface area contributed by atoms with Crippen LogP contribution in [0.25, 0.3) is 0 Å². The lowest BCUT2D eigenvalue weighted by molar-refractivity contribution is -0.122. The number of carbonyl (C=O) groups is 3. The molecule has 0 radical (unpaired) electrons. The largest absolute Gasteiger partial charge is 0.497 e. The van der Waals surface area contributed by atoms with E-state index in [9.17, 15) is 14.4 Å². The van der Waals surface area contributed by atoms with E-state index in [1.165, 1.54) is 0 Å². The number of hydrogen-bond acceptors (Lipinski definition) is 4. The molecule has 1 aliphatic rings. The van der Waals surface area contributed by atoms with Crippen LogP contribution in [0.3, 0.4) is 0 Å². The van der Waals surface area contributed by atoms with E-state index in [1.807, 2.05) is 6.92 Å². The Hall–Kier alpha value is -3.35. The van der Waals surface area contributed by atoms with Crippen LogP contribution in [-0.2, 0) is 9.59 Å². The van der Waals surface area contributed by atoms with E-state index < -0.39 is 5.92 Å². The lowest BCUT2D eigenvalue weighted by atomic mass is 10.1. The molecule has 2 aromatic rings. The highest BCUT2D eigenvalue weighted by atomic mass is 16.5. The van der Waals surface area contributed by atoms with Gasteiger partial charge in [0.25, 0.3) is 5.91 Å². The molecular formula is C22H25N3O4. The number of carbonyl (C=O) groups excluding carboxylic acids is 3. The van der Waals surface area contributed by atoms with Crippen molar-refractivity contribution in [1.82, 2.24) is 5.32 Å². The fourth-order valence-electron chi connectivity index (χ4n) is 3.25. The quantitative estimate of drug-likeness (QED) is 0.755. The second-order valence-corrected chi connectivity index (χ2v) is 6.89. The van der Waals surface area contributed by atoms with Gasteiger partial charge in [-0.2, -0.15) is 0 Å². The summed E-state index contributed by atoms with van der Waals surface area (Å²) in [4.78, 5) is 39.2. The van der Waals surface area contributed by atoms with E-state index in [1.54, 1.807) is 60.5 Å². The number of amides is 3. The standard InChI is InChI=1S/C22H25N3O4/c1-3-12-23-22(28)18-6-4-5-7-19(18)24-21(27)15-13-20(26)25(14-15)16-8-10-17(29-2)11-9-16/h4-11,15H,3,12-14H2,1-2H3,(H,23,28)(H,24,27). The number of nitrogens with one attached hydrogen (secondary N) is 2. The van der Waals surface area contributed by atoms with Gasteiger partial charge >= 0.3 is 0 Å². The van der Waals surface area contributed by atoms with E-state index in [2.05, 4.69) is 10.6 Å². The second kappa shape index (κ2) is 9.23. The number of rotatable bonds is 7. The SMILES string of the molecule is CCCNC(=O)c1ccccc1NC(=O)C1CC(=O)N(c2ccc(OC)cc2)C1. The molecule has 0 aliphatic carbocycles. The molecule has 0 aromatic heterocycles. The number of hydrogen-bond donors (Lipinski definition) is 2. The van der Waals surface area contributed by atoms with Crippen LogP contribution in [0, 0.1) is 5.92 Å². The van der Waals surface area contributed by atoms with Gasteiger partial charge in [-0.25, -0.2) is 0 Å². The topological polar surface area (TPSA) is 87.7 Å². The maximum atomic E-state index is 12.8. The van der Waals surface area contributed by atoms with Gasteiger partial charge in [-0.1, -0.05) is 19.1 Å². The van der Waals surface area contributed by atoms with Gasteiger partial charge in [-0.3, -0.25) is 14.4 Å². The van der Waals surface area contributed by atoms with E-state index >= 15 is 0 Å². The lowest BCUT2D eigenvalue weighted by Crippen LogP contribution is -2.29. The summed E-state index contributed by atoms with van der Waals surface area (Å²) in [5.41, 5.74) is 1.58. The molecule has 7 heteroatoms. The van der Waals surface area contributed by atoms with Gasteiger partial charge in [0.2, 0.25) is 11.8 Å². The van der Waals surface area contributed by atoms with Crippen LogP contribution in [0.2, 0.25) is 0 Å². The van der Waals surface area contributed by atoms with Crippen LogP contribution in [0.1, 0.15) is 30.1 Å². The van der Waals surface area contributed by atoms with Gasteiger partial charge in [-0.15, -0.1) is 0 Å². The number of methoxy groups -OCH3 is 1. The van der Waals surface area contributed by atoms with Crippen molar-refractivity contribution >= 4 is 29.1 Å². The molecule has 1 saturated heterocycles. The minimum Gasteiger partial charge on any atom is -0.497 e. The Morgan fingerprint density at radius 2 is 1.86 bits per heavy atom. The first-order chi connectivity index (χ1) is 14.0. The maximum absolute atomic E-state index is 12.8. The zero-order valence-electron chi connectivity index (χ0n) is 16.6. The second-order valence-electron chi connectivity index (χ2n) is 6.89. The molecule has 2 N–H and O–H groups in total. The molecule has 1 heterocycles. The lowest BCUT2D eigenvalue weighted by Gasteiger charge is -2.17. The van der Waals surface area contributed by atoms with Gasteiger partial charge in [-0.05, 0) is 42.8 Å². The Labute approximate surface area is 170 Å². The molecule has 0 spiro atoms. The average molecular weight is 395 g/mol. The molecule has 1 aliphatic heterocycles. The van der Waals surface area contributed by atoms with E-state index in [0.29, 0.717) is 30.1 Å². The predicted octanol–water partition coefficient (Wildman–Crippen LogP) is 2.83. The van der Waals surface area contributed by atoms with Crippen LogP contribution in [-0.4, -0.2) is 37.9 Å². The first-order valence-electron chi connectivity index (χ1n) is 9.66. The van der Waals surface area contributed by atoms with Crippen molar-refractivity contribution in [3.8, 4) is 5.75 Å². The summed E-state index contributed by atoms with van der Waals surface area (Å²) >= 11 is 0. The molecule has 1 fully saturated rings. The van der Waals surface area contributed by atoms with Crippen molar-refractivity contribution in [3.63, 3.8) is 0 Å². The molecule has 1 atom stereocenters. The summed E-state index contributed by atoms with van der Waals surface area (Å²) in [5, 5.41) is 5.64. The molecule has 3 amide bonds. The van der Waals surface area contributed by atoms with Crippen molar-refractivity contribution in [2.45, 2.75) is 19.8 Å². The van der Waals surface area contributed by atoms with Crippen molar-refractivity contribution < 1.29 is 19.1 Å². The number of ether oxygens (including phenoxy) is 1. The Morgan fingerprint density at radius 3 is 2.55 bits per heavy atom. The minimum atomic E-state index is -0.489. The predicted molar refractivity (Wildman–Crippen MR) is 111 cm³/mol. The smallest absolute Gasteiger partial charge is 0.253 e. The number of anilines is 2. The third kappa shape index (κ3) is 4.74. The van der Waals surface area contributed by atoms with Crippen LogP contribution in [0.5, 0.6) is 5.75 Å². The normalized spacial score (nSPS) is 15.9. The molecule has 0 saturated carbocycles. The molecular weight excluding hydrogens is 370 g/mol. The fraction of sp³-hybridized carbons (Fsp3) is 0.318. The van der Waals surface area contributed by atoms with E-state index in [4.69, 9.17) is 4.74 Å². The monoisotopic (exact) mass is 395 g/mol. The summed E-state index contributed by atoms with van der Waals surface area (Å²) in [7, 11) is 1.58. The summed E-state index contributed by atoms with van der Waals surface area (Å²) in [6.07, 6.45) is 0.952. The van der Waals surface area contributed by atoms with Crippen LogP contribution < -0.4 is 20.3 Å². The molecule has 2 aromatic carbocycles. The third-order valence-corrected chi connectivity index (χ3v) is 4.85. The van der Waals surface area contributed by atoms with Gasteiger partial charge in [0.05, 0.1) is 24.3 Å². The Balaban J connectivity index is 1.69. The number of para-hydroxylation sites is 1. The molecule has 0 bridgehead atoms. The van der Waals surface area contributed by atoms with E-state index in [0.717, 1.165) is 12.1 Å². The zero-order valence-corrected chi connectivity index (χ0v) is 16.6. The van der Waals surface area contributed by atoms with Gasteiger partial charge < -0.3 is 20.3 Å². The number of nitrogens with zero attached hydrogens (tertiary/aromatic N) is 1. The van der Waals surface area contributed by atoms with Gasteiger partial charge in [0, 0.05) is 25.2 Å². The Bertz CT molecular complexity index is 895. The summed E-state index contributed by atoms with van der Waals surface area (Å²) in [6.45, 7) is 2.83.